The van der Waals surface area contributed by atoms with Crippen LogP contribution < -0.4 is 5.32 Å². The summed E-state index contributed by atoms with van der Waals surface area (Å²) in [6.45, 7) is 1.88. The van der Waals surface area contributed by atoms with Gasteiger partial charge in [0.1, 0.15) is 11.5 Å². The average molecular weight is 373 g/mol. The second-order valence-corrected chi connectivity index (χ2v) is 7.95. The number of amides is 1. The van der Waals surface area contributed by atoms with Crippen LogP contribution in [0.15, 0.2) is 30.3 Å². The van der Waals surface area contributed by atoms with E-state index >= 15 is 0 Å². The summed E-state index contributed by atoms with van der Waals surface area (Å²) in [6.07, 6.45) is 2.39. The number of carbonyl (C=O) groups excluding carboxylic acids is 1. The van der Waals surface area contributed by atoms with Crippen LogP contribution in [0.5, 0.6) is 0 Å². The summed E-state index contributed by atoms with van der Waals surface area (Å²) in [5.41, 5.74) is 3.22. The summed E-state index contributed by atoms with van der Waals surface area (Å²) in [6, 6.07) is 9.43. The number of carbonyl (C=O) groups is 1. The number of aryl methyl sites for hydroxylation is 2. The molecular formula is C18H17ClN4OS. The van der Waals surface area contributed by atoms with Crippen molar-refractivity contribution < 1.29 is 4.79 Å². The smallest absolute Gasteiger partial charge is 0.258 e. The highest BCUT2D eigenvalue weighted by Crippen LogP contribution is 2.39. The molecule has 0 spiro atoms. The van der Waals surface area contributed by atoms with E-state index in [-0.39, 0.29) is 5.91 Å². The SMILES string of the molecule is Cc1nc(C2CC2)ccc1C(=O)Nc1cc(-c2ccc(Cl)s2)nn1C. The van der Waals surface area contributed by atoms with Crippen molar-refractivity contribution >= 4 is 34.7 Å². The third-order valence-electron chi connectivity index (χ3n) is 4.29. The van der Waals surface area contributed by atoms with Crippen molar-refractivity contribution in [2.24, 2.45) is 7.05 Å². The second kappa shape index (κ2) is 6.28. The molecule has 0 unspecified atom stereocenters. The van der Waals surface area contributed by atoms with Crippen LogP contribution in [-0.2, 0) is 7.05 Å². The van der Waals surface area contributed by atoms with Crippen molar-refractivity contribution in [2.45, 2.75) is 25.7 Å². The standard InChI is InChI=1S/C18H17ClN4OS/c1-10-12(5-6-13(20-10)11-3-4-11)18(24)21-17-9-14(22-23(17)2)15-7-8-16(19)25-15/h5-9,11H,3-4H2,1-2H3,(H,21,24). The molecule has 1 saturated carbocycles. The van der Waals surface area contributed by atoms with Crippen LogP contribution >= 0.6 is 22.9 Å². The third-order valence-corrected chi connectivity index (χ3v) is 5.55. The molecule has 1 fully saturated rings. The minimum absolute atomic E-state index is 0.175. The van der Waals surface area contributed by atoms with Gasteiger partial charge >= 0.3 is 0 Å². The molecule has 3 aromatic rings. The first-order valence-corrected chi connectivity index (χ1v) is 9.29. The van der Waals surface area contributed by atoms with Crippen molar-refractivity contribution in [1.29, 1.82) is 0 Å². The summed E-state index contributed by atoms with van der Waals surface area (Å²) in [5, 5.41) is 7.37. The maximum absolute atomic E-state index is 12.6. The van der Waals surface area contributed by atoms with Gasteiger partial charge in [-0.2, -0.15) is 5.10 Å². The molecule has 3 aromatic heterocycles. The van der Waals surface area contributed by atoms with Crippen LogP contribution in [0.2, 0.25) is 4.34 Å². The highest BCUT2D eigenvalue weighted by molar-refractivity contribution is 7.19. The third kappa shape index (κ3) is 3.32. The van der Waals surface area contributed by atoms with E-state index in [2.05, 4.69) is 15.4 Å². The molecule has 0 aliphatic heterocycles. The Kier molecular flexibility index (Phi) is 4.09. The Balaban J connectivity index is 1.55. The van der Waals surface area contributed by atoms with E-state index in [0.29, 0.717) is 21.6 Å². The molecule has 1 aliphatic carbocycles. The molecule has 0 atom stereocenters. The number of nitrogens with one attached hydrogen (secondary N) is 1. The average Bonchev–Trinajstić information content (AvgIpc) is 3.24. The molecule has 0 bridgehead atoms. The highest BCUT2D eigenvalue weighted by atomic mass is 35.5. The largest absolute Gasteiger partial charge is 0.307 e. The molecule has 0 aromatic carbocycles. The van der Waals surface area contributed by atoms with Crippen molar-refractivity contribution in [3.63, 3.8) is 0 Å². The lowest BCUT2D eigenvalue weighted by Gasteiger charge is -2.08. The Bertz CT molecular complexity index is 958. The molecule has 7 heteroatoms. The fourth-order valence-corrected chi connectivity index (χ4v) is 3.77. The van der Waals surface area contributed by atoms with E-state index in [4.69, 9.17) is 11.6 Å². The number of rotatable bonds is 4. The summed E-state index contributed by atoms with van der Waals surface area (Å²) < 4.78 is 2.37. The fraction of sp³-hybridized carbons (Fsp3) is 0.278. The summed E-state index contributed by atoms with van der Waals surface area (Å²) in [4.78, 5) is 18.2. The summed E-state index contributed by atoms with van der Waals surface area (Å²) in [7, 11) is 1.80. The quantitative estimate of drug-likeness (QED) is 0.726. The number of nitrogens with zero attached hydrogens (tertiary/aromatic N) is 3. The normalized spacial score (nSPS) is 13.9. The molecule has 25 heavy (non-hydrogen) atoms. The molecule has 0 saturated heterocycles. The lowest BCUT2D eigenvalue weighted by atomic mass is 10.1. The molecule has 4 rings (SSSR count). The molecular weight excluding hydrogens is 356 g/mol. The maximum atomic E-state index is 12.6. The van der Waals surface area contributed by atoms with Crippen molar-refractivity contribution in [3.05, 3.63) is 51.6 Å². The summed E-state index contributed by atoms with van der Waals surface area (Å²) >= 11 is 7.44. The van der Waals surface area contributed by atoms with Gasteiger partial charge in [-0.3, -0.25) is 14.5 Å². The zero-order valence-electron chi connectivity index (χ0n) is 13.9. The molecule has 5 nitrogen and oxygen atoms in total. The van der Waals surface area contributed by atoms with E-state index < -0.39 is 0 Å². The Morgan fingerprint density at radius 1 is 1.32 bits per heavy atom. The number of pyridine rings is 1. The molecule has 128 valence electrons. The number of aromatic nitrogens is 3. The zero-order valence-corrected chi connectivity index (χ0v) is 15.5. The predicted molar refractivity (Wildman–Crippen MR) is 100 cm³/mol. The zero-order chi connectivity index (χ0) is 17.6. The van der Waals surface area contributed by atoms with Crippen LogP contribution in [0, 0.1) is 6.92 Å². The van der Waals surface area contributed by atoms with Crippen molar-refractivity contribution in [1.82, 2.24) is 14.8 Å². The number of anilines is 1. The first-order valence-electron chi connectivity index (χ1n) is 8.10. The molecule has 1 N–H and O–H groups in total. The maximum Gasteiger partial charge on any atom is 0.258 e. The van der Waals surface area contributed by atoms with E-state index in [9.17, 15) is 4.79 Å². The van der Waals surface area contributed by atoms with Gasteiger partial charge in [0.2, 0.25) is 0 Å². The second-order valence-electron chi connectivity index (χ2n) is 6.24. The van der Waals surface area contributed by atoms with E-state index in [1.165, 1.54) is 24.2 Å². The number of thiophene rings is 1. The van der Waals surface area contributed by atoms with Crippen LogP contribution in [-0.4, -0.2) is 20.7 Å². The Morgan fingerprint density at radius 3 is 2.76 bits per heavy atom. The van der Waals surface area contributed by atoms with Crippen LogP contribution in [0.25, 0.3) is 10.6 Å². The molecule has 1 amide bonds. The van der Waals surface area contributed by atoms with Crippen LogP contribution in [0.4, 0.5) is 5.82 Å². The van der Waals surface area contributed by atoms with Gasteiger partial charge in [0.15, 0.2) is 0 Å². The van der Waals surface area contributed by atoms with Gasteiger partial charge in [-0.1, -0.05) is 11.6 Å². The molecule has 3 heterocycles. The minimum atomic E-state index is -0.175. The van der Waals surface area contributed by atoms with Crippen molar-refractivity contribution in [2.75, 3.05) is 5.32 Å². The fourth-order valence-electron chi connectivity index (χ4n) is 2.77. The van der Waals surface area contributed by atoms with Gasteiger partial charge < -0.3 is 5.32 Å². The van der Waals surface area contributed by atoms with Gasteiger partial charge in [-0.15, -0.1) is 11.3 Å². The van der Waals surface area contributed by atoms with Crippen LogP contribution in [0.3, 0.4) is 0 Å². The lowest BCUT2D eigenvalue weighted by molar-refractivity contribution is 0.102. The van der Waals surface area contributed by atoms with Gasteiger partial charge in [-0.05, 0) is 44.0 Å². The Labute approximate surface area is 154 Å². The van der Waals surface area contributed by atoms with Gasteiger partial charge in [0.25, 0.3) is 5.91 Å². The Morgan fingerprint density at radius 2 is 2.12 bits per heavy atom. The monoisotopic (exact) mass is 372 g/mol. The van der Waals surface area contributed by atoms with E-state index in [1.54, 1.807) is 11.7 Å². The van der Waals surface area contributed by atoms with Gasteiger partial charge in [0, 0.05) is 24.7 Å². The topological polar surface area (TPSA) is 59.8 Å². The Hall–Kier alpha value is -2.18. The lowest BCUT2D eigenvalue weighted by Crippen LogP contribution is -2.16. The first-order chi connectivity index (χ1) is 12.0. The number of hydrogen-bond donors (Lipinski definition) is 1. The number of halogens is 1. The highest BCUT2D eigenvalue weighted by Gasteiger charge is 2.26. The minimum Gasteiger partial charge on any atom is -0.307 e. The van der Waals surface area contributed by atoms with Crippen LogP contribution in [0.1, 0.15) is 40.5 Å². The first kappa shape index (κ1) is 16.3. The molecule has 1 aliphatic rings. The van der Waals surface area contributed by atoms with Crippen molar-refractivity contribution in [3.8, 4) is 10.6 Å². The molecule has 0 radical (unpaired) electrons. The summed E-state index contributed by atoms with van der Waals surface area (Å²) in [5.74, 6) is 1.04. The van der Waals surface area contributed by atoms with Gasteiger partial charge in [-0.25, -0.2) is 0 Å². The van der Waals surface area contributed by atoms with E-state index in [0.717, 1.165) is 22.0 Å². The van der Waals surface area contributed by atoms with Gasteiger partial charge in [0.05, 0.1) is 20.5 Å². The van der Waals surface area contributed by atoms with E-state index in [1.807, 2.05) is 37.3 Å². The number of hydrogen-bond acceptors (Lipinski definition) is 4. The predicted octanol–water partition coefficient (Wildman–Crippen LogP) is 4.64.